The van der Waals surface area contributed by atoms with Crippen molar-refractivity contribution in [1.29, 1.82) is 0 Å². The average molecular weight is 365 g/mol. The van der Waals surface area contributed by atoms with Crippen LogP contribution in [0.2, 0.25) is 0 Å². The van der Waals surface area contributed by atoms with Gasteiger partial charge in [-0.2, -0.15) is 0 Å². The molecule has 6 heteroatoms. The third-order valence-electron chi connectivity index (χ3n) is 4.60. The SMILES string of the molecule is COc1ccc(C2CCN(C(=O)/C=C/c3ccc(NC(C)=O)nc3)C2)cc1. The van der Waals surface area contributed by atoms with Crippen LogP contribution in [0.3, 0.4) is 0 Å². The number of hydrogen-bond acceptors (Lipinski definition) is 4. The molecule has 0 aliphatic carbocycles. The lowest BCUT2D eigenvalue weighted by atomic mass is 9.98. The average Bonchev–Trinajstić information content (AvgIpc) is 3.17. The molecule has 1 aliphatic rings. The van der Waals surface area contributed by atoms with Crippen molar-refractivity contribution in [3.63, 3.8) is 0 Å². The van der Waals surface area contributed by atoms with Gasteiger partial charge in [0.2, 0.25) is 11.8 Å². The van der Waals surface area contributed by atoms with Crippen molar-refractivity contribution in [3.8, 4) is 5.75 Å². The molecule has 2 aromatic rings. The number of nitrogens with zero attached hydrogens (tertiary/aromatic N) is 2. The van der Waals surface area contributed by atoms with E-state index >= 15 is 0 Å². The first-order valence-corrected chi connectivity index (χ1v) is 8.90. The summed E-state index contributed by atoms with van der Waals surface area (Å²) >= 11 is 0. The largest absolute Gasteiger partial charge is 0.497 e. The fraction of sp³-hybridized carbons (Fsp3) is 0.286. The van der Waals surface area contributed by atoms with E-state index in [9.17, 15) is 9.59 Å². The topological polar surface area (TPSA) is 71.5 Å². The van der Waals surface area contributed by atoms with Gasteiger partial charge in [-0.25, -0.2) is 4.98 Å². The molecule has 1 N–H and O–H groups in total. The normalized spacial score (nSPS) is 16.5. The predicted octanol–water partition coefficient (Wildman–Crippen LogP) is 3.08. The molecular formula is C21H23N3O3. The summed E-state index contributed by atoms with van der Waals surface area (Å²) < 4.78 is 5.19. The Hall–Kier alpha value is -3.15. The number of aromatic nitrogens is 1. The van der Waals surface area contributed by atoms with Crippen molar-refractivity contribution < 1.29 is 14.3 Å². The molecule has 1 saturated heterocycles. The number of amides is 2. The summed E-state index contributed by atoms with van der Waals surface area (Å²) in [5.41, 5.74) is 2.04. The van der Waals surface area contributed by atoms with Crippen LogP contribution in [0.25, 0.3) is 6.08 Å². The van der Waals surface area contributed by atoms with Gasteiger partial charge in [0.1, 0.15) is 11.6 Å². The third-order valence-corrected chi connectivity index (χ3v) is 4.60. The van der Waals surface area contributed by atoms with E-state index in [4.69, 9.17) is 4.74 Å². The zero-order valence-corrected chi connectivity index (χ0v) is 15.5. The number of carbonyl (C=O) groups is 2. The molecule has 27 heavy (non-hydrogen) atoms. The van der Waals surface area contributed by atoms with Crippen LogP contribution in [-0.2, 0) is 9.59 Å². The Labute approximate surface area is 158 Å². The number of nitrogens with one attached hydrogen (secondary N) is 1. The first-order chi connectivity index (χ1) is 13.0. The van der Waals surface area contributed by atoms with Crippen LogP contribution >= 0.6 is 0 Å². The van der Waals surface area contributed by atoms with E-state index in [1.807, 2.05) is 23.1 Å². The molecule has 0 spiro atoms. The highest BCUT2D eigenvalue weighted by molar-refractivity contribution is 5.92. The Morgan fingerprint density at radius 1 is 1.22 bits per heavy atom. The lowest BCUT2D eigenvalue weighted by molar-refractivity contribution is -0.125. The number of rotatable bonds is 5. The molecule has 1 aromatic heterocycles. The summed E-state index contributed by atoms with van der Waals surface area (Å²) in [7, 11) is 1.65. The first-order valence-electron chi connectivity index (χ1n) is 8.90. The van der Waals surface area contributed by atoms with Gasteiger partial charge in [0, 0.05) is 38.2 Å². The maximum atomic E-state index is 12.5. The van der Waals surface area contributed by atoms with Crippen molar-refractivity contribution in [2.45, 2.75) is 19.3 Å². The summed E-state index contributed by atoms with van der Waals surface area (Å²) in [6, 6.07) is 11.6. The summed E-state index contributed by atoms with van der Waals surface area (Å²) in [4.78, 5) is 29.5. The summed E-state index contributed by atoms with van der Waals surface area (Å²) in [6.07, 6.45) is 5.90. The van der Waals surface area contributed by atoms with E-state index < -0.39 is 0 Å². The van der Waals surface area contributed by atoms with Crippen LogP contribution in [0.5, 0.6) is 5.75 Å². The van der Waals surface area contributed by atoms with E-state index in [-0.39, 0.29) is 11.8 Å². The highest BCUT2D eigenvalue weighted by Crippen LogP contribution is 2.28. The summed E-state index contributed by atoms with van der Waals surface area (Å²) in [5, 5.41) is 2.61. The van der Waals surface area contributed by atoms with Crippen molar-refractivity contribution in [3.05, 3.63) is 59.8 Å². The van der Waals surface area contributed by atoms with Crippen LogP contribution < -0.4 is 10.1 Å². The van der Waals surface area contributed by atoms with Gasteiger partial charge in [0.05, 0.1) is 7.11 Å². The lowest BCUT2D eigenvalue weighted by Gasteiger charge is -2.15. The molecule has 2 heterocycles. The maximum absolute atomic E-state index is 12.5. The highest BCUT2D eigenvalue weighted by Gasteiger charge is 2.26. The van der Waals surface area contributed by atoms with Gasteiger partial charge in [-0.3, -0.25) is 9.59 Å². The fourth-order valence-corrected chi connectivity index (χ4v) is 3.14. The van der Waals surface area contributed by atoms with E-state index in [1.54, 1.807) is 31.5 Å². The second-order valence-electron chi connectivity index (χ2n) is 6.53. The van der Waals surface area contributed by atoms with Crippen molar-refractivity contribution in [2.75, 3.05) is 25.5 Å². The van der Waals surface area contributed by atoms with Crippen molar-refractivity contribution >= 4 is 23.7 Å². The second-order valence-corrected chi connectivity index (χ2v) is 6.53. The number of methoxy groups -OCH3 is 1. The Bertz CT molecular complexity index is 829. The molecule has 1 aliphatic heterocycles. The number of ether oxygens (including phenoxy) is 1. The Morgan fingerprint density at radius 2 is 2.00 bits per heavy atom. The molecule has 140 valence electrons. The molecule has 2 amide bonds. The van der Waals surface area contributed by atoms with E-state index in [1.165, 1.54) is 12.5 Å². The second kappa shape index (κ2) is 8.49. The van der Waals surface area contributed by atoms with E-state index in [0.29, 0.717) is 11.7 Å². The zero-order chi connectivity index (χ0) is 19.2. The molecule has 6 nitrogen and oxygen atoms in total. The Morgan fingerprint density at radius 3 is 2.63 bits per heavy atom. The minimum Gasteiger partial charge on any atom is -0.497 e. The minimum absolute atomic E-state index is 0.00282. The maximum Gasteiger partial charge on any atom is 0.246 e. The molecular weight excluding hydrogens is 342 g/mol. The zero-order valence-electron chi connectivity index (χ0n) is 15.5. The quantitative estimate of drug-likeness (QED) is 0.827. The number of pyridine rings is 1. The van der Waals surface area contributed by atoms with Crippen LogP contribution in [0, 0.1) is 0 Å². The summed E-state index contributed by atoms with van der Waals surface area (Å²) in [5.74, 6) is 1.52. The van der Waals surface area contributed by atoms with Crippen molar-refractivity contribution in [2.24, 2.45) is 0 Å². The van der Waals surface area contributed by atoms with Gasteiger partial charge in [-0.1, -0.05) is 12.1 Å². The van der Waals surface area contributed by atoms with Gasteiger partial charge < -0.3 is 15.0 Å². The molecule has 1 unspecified atom stereocenters. The van der Waals surface area contributed by atoms with Gasteiger partial charge in [-0.05, 0) is 47.9 Å². The molecule has 1 atom stereocenters. The minimum atomic E-state index is -0.165. The third kappa shape index (κ3) is 4.94. The molecule has 0 saturated carbocycles. The summed E-state index contributed by atoms with van der Waals surface area (Å²) in [6.45, 7) is 2.90. The standard InChI is InChI=1S/C21H23N3O3/c1-15(25)23-20-9-3-16(13-22-20)4-10-21(26)24-12-11-18(14-24)17-5-7-19(27-2)8-6-17/h3-10,13,18H,11-12,14H2,1-2H3,(H,22,23,25)/b10-4+. The fourth-order valence-electron chi connectivity index (χ4n) is 3.14. The molecule has 3 rings (SSSR count). The number of benzene rings is 1. The smallest absolute Gasteiger partial charge is 0.246 e. The van der Waals surface area contributed by atoms with Crippen LogP contribution in [0.1, 0.15) is 30.4 Å². The monoisotopic (exact) mass is 365 g/mol. The highest BCUT2D eigenvalue weighted by atomic mass is 16.5. The van der Waals surface area contributed by atoms with E-state index in [0.717, 1.165) is 30.8 Å². The van der Waals surface area contributed by atoms with Gasteiger partial charge in [-0.15, -0.1) is 0 Å². The van der Waals surface area contributed by atoms with Crippen LogP contribution in [0.4, 0.5) is 5.82 Å². The molecule has 0 radical (unpaired) electrons. The van der Waals surface area contributed by atoms with Crippen LogP contribution in [-0.4, -0.2) is 41.9 Å². The molecule has 1 fully saturated rings. The van der Waals surface area contributed by atoms with E-state index in [2.05, 4.69) is 22.4 Å². The Balaban J connectivity index is 1.56. The van der Waals surface area contributed by atoms with Gasteiger partial charge >= 0.3 is 0 Å². The lowest BCUT2D eigenvalue weighted by Crippen LogP contribution is -2.26. The number of carbonyl (C=O) groups excluding carboxylic acids is 2. The Kier molecular flexibility index (Phi) is 5.86. The number of likely N-dealkylation sites (tertiary alicyclic amines) is 1. The van der Waals surface area contributed by atoms with Gasteiger partial charge in [0.15, 0.2) is 0 Å². The predicted molar refractivity (Wildman–Crippen MR) is 105 cm³/mol. The molecule has 1 aromatic carbocycles. The van der Waals surface area contributed by atoms with Gasteiger partial charge in [0.25, 0.3) is 0 Å². The van der Waals surface area contributed by atoms with Crippen molar-refractivity contribution in [1.82, 2.24) is 9.88 Å². The number of anilines is 1. The number of hydrogen-bond donors (Lipinski definition) is 1. The van der Waals surface area contributed by atoms with Crippen LogP contribution in [0.15, 0.2) is 48.7 Å². The molecule has 0 bridgehead atoms. The first kappa shape index (κ1) is 18.6.